The summed E-state index contributed by atoms with van der Waals surface area (Å²) < 4.78 is 4.37. The summed E-state index contributed by atoms with van der Waals surface area (Å²) in [5, 5.41) is 15.1. The zero-order chi connectivity index (χ0) is 21.9. The molecule has 0 atom stereocenters. The summed E-state index contributed by atoms with van der Waals surface area (Å²) >= 11 is 1.87. The van der Waals surface area contributed by atoms with Crippen molar-refractivity contribution in [2.75, 3.05) is 31.6 Å². The van der Waals surface area contributed by atoms with Gasteiger partial charge >= 0.3 is 0 Å². The van der Waals surface area contributed by atoms with E-state index in [0.29, 0.717) is 0 Å². The number of halogens is 1. The zero-order valence-electron chi connectivity index (χ0n) is 19.3. The second kappa shape index (κ2) is 14.4. The first-order valence-electron chi connectivity index (χ1n) is 11.0. The molecule has 0 amide bonds. The van der Waals surface area contributed by atoms with Crippen LogP contribution in [0.1, 0.15) is 31.4 Å². The van der Waals surface area contributed by atoms with E-state index >= 15 is 0 Å². The Morgan fingerprint density at radius 2 is 1.94 bits per heavy atom. The Labute approximate surface area is 212 Å². The van der Waals surface area contributed by atoms with E-state index in [0.717, 1.165) is 80.9 Å². The first kappa shape index (κ1) is 26.4. The van der Waals surface area contributed by atoms with Gasteiger partial charge in [-0.1, -0.05) is 19.1 Å². The number of aliphatic imine (C=N–C) groups is 1. The number of rotatable bonds is 12. The number of benzene rings is 1. The molecule has 0 aliphatic rings. The van der Waals surface area contributed by atoms with Crippen LogP contribution in [0.3, 0.4) is 0 Å². The fourth-order valence-electron chi connectivity index (χ4n) is 3.53. The highest BCUT2D eigenvalue weighted by molar-refractivity contribution is 14.0. The molecular formula is C22H35IN8S. The van der Waals surface area contributed by atoms with Crippen LogP contribution < -0.4 is 10.6 Å². The molecule has 0 saturated carbocycles. The fraction of sp³-hybridized carbons (Fsp3) is 0.545. The molecular weight excluding hydrogens is 535 g/mol. The van der Waals surface area contributed by atoms with E-state index in [2.05, 4.69) is 73.3 Å². The maximum absolute atomic E-state index is 4.81. The number of guanidine groups is 1. The van der Waals surface area contributed by atoms with Crippen molar-refractivity contribution in [3.63, 3.8) is 0 Å². The molecule has 0 spiro atoms. The minimum atomic E-state index is 0. The highest BCUT2D eigenvalue weighted by Crippen LogP contribution is 2.15. The van der Waals surface area contributed by atoms with Gasteiger partial charge in [0, 0.05) is 39.1 Å². The zero-order valence-corrected chi connectivity index (χ0v) is 22.4. The summed E-state index contributed by atoms with van der Waals surface area (Å²) in [6.07, 6.45) is 6.90. The monoisotopic (exact) mass is 570 g/mol. The van der Waals surface area contributed by atoms with Crippen LogP contribution in [0.25, 0.3) is 11.0 Å². The summed E-state index contributed by atoms with van der Waals surface area (Å²) in [5.41, 5.74) is 2.25. The third-order valence-corrected chi connectivity index (χ3v) is 5.83. The first-order valence-corrected chi connectivity index (χ1v) is 12.4. The number of para-hydroxylation sites is 2. The van der Waals surface area contributed by atoms with E-state index < -0.39 is 0 Å². The van der Waals surface area contributed by atoms with Gasteiger partial charge in [-0.25, -0.2) is 4.98 Å². The van der Waals surface area contributed by atoms with Gasteiger partial charge < -0.3 is 19.8 Å². The predicted octanol–water partition coefficient (Wildman–Crippen LogP) is 3.50. The van der Waals surface area contributed by atoms with Gasteiger partial charge in [-0.3, -0.25) is 4.99 Å². The summed E-state index contributed by atoms with van der Waals surface area (Å²) in [7, 11) is 0. The van der Waals surface area contributed by atoms with Crippen LogP contribution in [0.4, 0.5) is 0 Å². The van der Waals surface area contributed by atoms with Crippen LogP contribution in [0.15, 0.2) is 35.6 Å². The van der Waals surface area contributed by atoms with Crippen molar-refractivity contribution in [2.45, 2.75) is 46.2 Å². The smallest absolute Gasteiger partial charge is 0.191 e. The van der Waals surface area contributed by atoms with Gasteiger partial charge in [-0.2, -0.15) is 11.8 Å². The molecule has 32 heavy (non-hydrogen) atoms. The number of nitrogens with zero attached hydrogens (tertiary/aromatic N) is 6. The summed E-state index contributed by atoms with van der Waals surface area (Å²) in [4.78, 5) is 9.46. The molecule has 0 aliphatic heterocycles. The van der Waals surface area contributed by atoms with Gasteiger partial charge in [0.25, 0.3) is 0 Å². The van der Waals surface area contributed by atoms with E-state index in [9.17, 15) is 0 Å². The quantitative estimate of drug-likeness (QED) is 0.150. The molecule has 0 saturated heterocycles. The standard InChI is InChI=1S/C22H34N8S.HI/c1-4-21-28-26-17-29(21)15-13-25-22(24-12-8-16-31-3)23-11-7-14-30-18(2)27-19-9-5-6-10-20(19)30;/h5-6,9-10,17H,4,7-8,11-16H2,1-3H3,(H2,23,24,25);1H. The Morgan fingerprint density at radius 3 is 2.75 bits per heavy atom. The van der Waals surface area contributed by atoms with E-state index in [1.54, 1.807) is 6.33 Å². The van der Waals surface area contributed by atoms with Crippen molar-refractivity contribution >= 4 is 52.7 Å². The maximum Gasteiger partial charge on any atom is 0.191 e. The SMILES string of the molecule is CCc1nncn1CCNC(=NCCCn1c(C)nc2ccccc21)NCCCSC.I. The molecule has 0 radical (unpaired) electrons. The summed E-state index contributed by atoms with van der Waals surface area (Å²) in [5.74, 6) is 4.09. The average molecular weight is 571 g/mol. The van der Waals surface area contributed by atoms with Crippen LogP contribution in [0, 0.1) is 6.92 Å². The number of aryl methyl sites for hydroxylation is 3. The van der Waals surface area contributed by atoms with Crippen LogP contribution >= 0.6 is 35.7 Å². The third kappa shape index (κ3) is 7.65. The molecule has 176 valence electrons. The minimum absolute atomic E-state index is 0. The summed E-state index contributed by atoms with van der Waals surface area (Å²) in [6, 6.07) is 8.30. The van der Waals surface area contributed by atoms with Crippen molar-refractivity contribution < 1.29 is 0 Å². The molecule has 2 N–H and O–H groups in total. The highest BCUT2D eigenvalue weighted by Gasteiger charge is 2.06. The van der Waals surface area contributed by atoms with Crippen LogP contribution in [-0.4, -0.2) is 61.9 Å². The van der Waals surface area contributed by atoms with Crippen molar-refractivity contribution in [1.82, 2.24) is 34.9 Å². The number of imidazole rings is 1. The van der Waals surface area contributed by atoms with Crippen molar-refractivity contribution in [1.29, 1.82) is 0 Å². The topological polar surface area (TPSA) is 85.0 Å². The van der Waals surface area contributed by atoms with E-state index in [4.69, 9.17) is 4.99 Å². The molecule has 0 bridgehead atoms. The third-order valence-electron chi connectivity index (χ3n) is 5.13. The minimum Gasteiger partial charge on any atom is -0.356 e. The molecule has 1 aromatic carbocycles. The number of hydrogen-bond donors (Lipinski definition) is 2. The Bertz CT molecular complexity index is 968. The van der Waals surface area contributed by atoms with Gasteiger partial charge in [-0.15, -0.1) is 34.2 Å². The van der Waals surface area contributed by atoms with E-state index in [1.807, 2.05) is 17.8 Å². The molecule has 3 aromatic rings. The van der Waals surface area contributed by atoms with Crippen molar-refractivity contribution in [3.05, 3.63) is 42.2 Å². The van der Waals surface area contributed by atoms with Crippen molar-refractivity contribution in [2.24, 2.45) is 4.99 Å². The lowest BCUT2D eigenvalue weighted by Gasteiger charge is -2.13. The van der Waals surface area contributed by atoms with Gasteiger partial charge in [0.05, 0.1) is 11.0 Å². The normalized spacial score (nSPS) is 11.5. The van der Waals surface area contributed by atoms with Gasteiger partial charge in [0.2, 0.25) is 0 Å². The predicted molar refractivity (Wildman–Crippen MR) is 145 cm³/mol. The van der Waals surface area contributed by atoms with Crippen LogP contribution in [0.5, 0.6) is 0 Å². The molecule has 10 heteroatoms. The Kier molecular flexibility index (Phi) is 11.9. The Morgan fingerprint density at radius 1 is 1.12 bits per heavy atom. The molecule has 0 unspecified atom stereocenters. The van der Waals surface area contributed by atoms with Gasteiger partial charge in [0.15, 0.2) is 5.96 Å². The number of hydrogen-bond acceptors (Lipinski definition) is 5. The number of nitrogens with one attached hydrogen (secondary N) is 2. The van der Waals surface area contributed by atoms with Gasteiger partial charge in [0.1, 0.15) is 18.0 Å². The van der Waals surface area contributed by atoms with Gasteiger partial charge in [-0.05, 0) is 43.9 Å². The number of thioether (sulfide) groups is 1. The van der Waals surface area contributed by atoms with Crippen LogP contribution in [0.2, 0.25) is 0 Å². The Hall–Kier alpha value is -1.82. The number of fused-ring (bicyclic) bond motifs is 1. The van der Waals surface area contributed by atoms with Crippen molar-refractivity contribution in [3.8, 4) is 0 Å². The van der Waals surface area contributed by atoms with E-state index in [1.165, 1.54) is 5.52 Å². The van der Waals surface area contributed by atoms with Crippen LogP contribution in [-0.2, 0) is 19.5 Å². The summed E-state index contributed by atoms with van der Waals surface area (Å²) in [6.45, 7) is 8.36. The lowest BCUT2D eigenvalue weighted by molar-refractivity contribution is 0.624. The second-order valence-electron chi connectivity index (χ2n) is 7.38. The average Bonchev–Trinajstić information content (AvgIpc) is 3.37. The highest BCUT2D eigenvalue weighted by atomic mass is 127. The molecule has 0 aliphatic carbocycles. The lowest BCUT2D eigenvalue weighted by Crippen LogP contribution is -2.39. The van der Waals surface area contributed by atoms with E-state index in [-0.39, 0.29) is 24.0 Å². The maximum atomic E-state index is 4.81. The molecule has 0 fully saturated rings. The molecule has 8 nitrogen and oxygen atoms in total. The fourth-order valence-corrected chi connectivity index (χ4v) is 3.96. The molecule has 2 aromatic heterocycles. The second-order valence-corrected chi connectivity index (χ2v) is 8.36. The largest absolute Gasteiger partial charge is 0.356 e. The molecule has 3 rings (SSSR count). The molecule has 2 heterocycles. The lowest BCUT2D eigenvalue weighted by atomic mass is 10.3. The Balaban J connectivity index is 0.00000363. The first-order chi connectivity index (χ1) is 15.2. The number of aromatic nitrogens is 5.